The van der Waals surface area contributed by atoms with Crippen LogP contribution >= 0.6 is 23.2 Å². The molecule has 11 heavy (non-hydrogen) atoms. The maximum atomic E-state index is 9.20. The zero-order valence-electron chi connectivity index (χ0n) is 6.01. The lowest BCUT2D eigenvalue weighted by molar-refractivity contribution is 0.0152. The lowest BCUT2D eigenvalue weighted by atomic mass is 9.87. The van der Waals surface area contributed by atoms with Crippen molar-refractivity contribution < 1.29 is 10.2 Å². The van der Waals surface area contributed by atoms with Crippen LogP contribution in [-0.4, -0.2) is 27.8 Å². The molecule has 2 atom stereocenters. The predicted octanol–water partition coefficient (Wildman–Crippen LogP) is 0.675. The molecule has 0 aromatic rings. The molecule has 0 aliphatic carbocycles. The highest BCUT2D eigenvalue weighted by molar-refractivity contribution is 6.26. The van der Waals surface area contributed by atoms with Crippen LogP contribution in [0, 0.1) is 16.7 Å². The molecule has 0 aromatic heterocycles. The summed E-state index contributed by atoms with van der Waals surface area (Å²) in [6, 6.07) is 1.46. The van der Waals surface area contributed by atoms with Gasteiger partial charge in [-0.2, -0.15) is 5.26 Å². The lowest BCUT2D eigenvalue weighted by Gasteiger charge is -2.31. The number of rotatable bonds is 3. The Morgan fingerprint density at radius 3 is 2.18 bits per heavy atom. The van der Waals surface area contributed by atoms with Gasteiger partial charge < -0.3 is 10.2 Å². The molecule has 0 spiro atoms. The summed E-state index contributed by atoms with van der Waals surface area (Å²) < 4.78 is 0. The van der Waals surface area contributed by atoms with E-state index in [-0.39, 0.29) is 5.88 Å². The first kappa shape index (κ1) is 11.0. The van der Waals surface area contributed by atoms with Crippen molar-refractivity contribution in [1.29, 1.82) is 5.26 Å². The number of hydrogen-bond donors (Lipinski definition) is 2. The molecule has 5 heteroatoms. The Labute approximate surface area is 75.2 Å². The molecule has 0 aliphatic heterocycles. The van der Waals surface area contributed by atoms with Gasteiger partial charge in [0.2, 0.25) is 5.06 Å². The second-order valence-electron chi connectivity index (χ2n) is 2.59. The van der Waals surface area contributed by atoms with Crippen molar-refractivity contribution in [3.8, 4) is 6.07 Å². The van der Waals surface area contributed by atoms with Crippen LogP contribution in [0.4, 0.5) is 0 Å². The topological polar surface area (TPSA) is 64.2 Å². The van der Waals surface area contributed by atoms with E-state index in [2.05, 4.69) is 0 Å². The first-order valence-electron chi connectivity index (χ1n) is 2.93. The molecule has 0 amide bonds. The van der Waals surface area contributed by atoms with Gasteiger partial charge in [-0.25, -0.2) is 0 Å². The molecule has 0 aliphatic rings. The third kappa shape index (κ3) is 1.97. The van der Waals surface area contributed by atoms with Crippen LogP contribution in [0.3, 0.4) is 0 Å². The standard InChI is InChI=1S/C6H9Cl2NO2/c1-5(2-7,4-10)6(8,11)3-9/h10-11H,2,4H2,1H3. The fourth-order valence-electron chi connectivity index (χ4n) is 0.371. The first-order chi connectivity index (χ1) is 4.93. The number of aliphatic hydroxyl groups excluding tert-OH is 1. The summed E-state index contributed by atoms with van der Waals surface area (Å²) in [5.41, 5.74) is -1.19. The van der Waals surface area contributed by atoms with Gasteiger partial charge in [0.15, 0.2) is 0 Å². The summed E-state index contributed by atoms with van der Waals surface area (Å²) in [5, 5.41) is 24.3. The van der Waals surface area contributed by atoms with Crippen LogP contribution < -0.4 is 0 Å². The van der Waals surface area contributed by atoms with Crippen molar-refractivity contribution in [1.82, 2.24) is 0 Å². The lowest BCUT2D eigenvalue weighted by Crippen LogP contribution is -2.44. The van der Waals surface area contributed by atoms with Crippen molar-refractivity contribution in [2.75, 3.05) is 12.5 Å². The molecule has 0 fully saturated rings. The van der Waals surface area contributed by atoms with Gasteiger partial charge in [0.25, 0.3) is 0 Å². The molecule has 0 bridgehead atoms. The van der Waals surface area contributed by atoms with E-state index < -0.39 is 17.1 Å². The molecule has 2 unspecified atom stereocenters. The summed E-state index contributed by atoms with van der Waals surface area (Å²) in [4.78, 5) is 0. The van der Waals surface area contributed by atoms with E-state index in [9.17, 15) is 5.11 Å². The predicted molar refractivity (Wildman–Crippen MR) is 42.3 cm³/mol. The average molecular weight is 198 g/mol. The molecule has 3 nitrogen and oxygen atoms in total. The summed E-state index contributed by atoms with van der Waals surface area (Å²) in [7, 11) is 0. The molecular formula is C6H9Cl2NO2. The van der Waals surface area contributed by atoms with Gasteiger partial charge in [0.1, 0.15) is 6.07 Å². The molecule has 0 saturated carbocycles. The van der Waals surface area contributed by atoms with Crippen molar-refractivity contribution >= 4 is 23.2 Å². The van der Waals surface area contributed by atoms with E-state index in [0.717, 1.165) is 0 Å². The minimum Gasteiger partial charge on any atom is -0.396 e. The van der Waals surface area contributed by atoms with Crippen molar-refractivity contribution in [3.63, 3.8) is 0 Å². The van der Waals surface area contributed by atoms with Gasteiger partial charge in [-0.1, -0.05) is 18.5 Å². The Kier molecular flexibility index (Phi) is 3.59. The molecule has 64 valence electrons. The second-order valence-corrected chi connectivity index (χ2v) is 3.40. The van der Waals surface area contributed by atoms with E-state index in [1.54, 1.807) is 0 Å². The Morgan fingerprint density at radius 2 is 2.09 bits per heavy atom. The summed E-state index contributed by atoms with van der Waals surface area (Å²) in [6.45, 7) is 0.986. The fraction of sp³-hybridized carbons (Fsp3) is 0.833. The van der Waals surface area contributed by atoms with E-state index in [4.69, 9.17) is 33.6 Å². The van der Waals surface area contributed by atoms with Gasteiger partial charge in [-0.3, -0.25) is 0 Å². The van der Waals surface area contributed by atoms with Gasteiger partial charge in [-0.15, -0.1) is 11.6 Å². The number of aliphatic hydroxyl groups is 2. The third-order valence-electron chi connectivity index (χ3n) is 1.59. The van der Waals surface area contributed by atoms with Gasteiger partial charge in [0.05, 0.1) is 12.0 Å². The summed E-state index contributed by atoms with van der Waals surface area (Å²) in [5.74, 6) is -0.0862. The van der Waals surface area contributed by atoms with Crippen LogP contribution in [0.2, 0.25) is 0 Å². The largest absolute Gasteiger partial charge is 0.396 e. The molecule has 0 saturated heterocycles. The number of halogens is 2. The molecule has 0 aromatic carbocycles. The Bertz CT molecular complexity index is 172. The maximum absolute atomic E-state index is 9.20. The van der Waals surface area contributed by atoms with E-state index in [1.807, 2.05) is 0 Å². The third-order valence-corrected chi connectivity index (χ3v) is 2.72. The average Bonchev–Trinajstić information content (AvgIpc) is 2.02. The highest BCUT2D eigenvalue weighted by Crippen LogP contribution is 2.35. The quantitative estimate of drug-likeness (QED) is 0.517. The van der Waals surface area contributed by atoms with Gasteiger partial charge in [-0.05, 0) is 0 Å². The van der Waals surface area contributed by atoms with Gasteiger partial charge >= 0.3 is 0 Å². The van der Waals surface area contributed by atoms with Crippen LogP contribution in [0.15, 0.2) is 0 Å². The Hall–Kier alpha value is -0.0100. The SMILES string of the molecule is CC(CO)(CCl)C(O)(Cl)C#N. The highest BCUT2D eigenvalue weighted by atomic mass is 35.5. The maximum Gasteiger partial charge on any atom is 0.235 e. The second kappa shape index (κ2) is 3.59. The zero-order chi connectivity index (χ0) is 9.12. The normalized spacial score (nSPS) is 21.5. The van der Waals surface area contributed by atoms with Crippen LogP contribution in [0.5, 0.6) is 0 Å². The molecule has 0 radical (unpaired) electrons. The minimum absolute atomic E-state index is 0.0862. The Morgan fingerprint density at radius 1 is 1.64 bits per heavy atom. The van der Waals surface area contributed by atoms with Crippen molar-refractivity contribution in [2.24, 2.45) is 5.41 Å². The molecule has 2 N–H and O–H groups in total. The molecule has 0 heterocycles. The van der Waals surface area contributed by atoms with Crippen LogP contribution in [-0.2, 0) is 0 Å². The monoisotopic (exact) mass is 197 g/mol. The van der Waals surface area contributed by atoms with Crippen molar-refractivity contribution in [2.45, 2.75) is 12.0 Å². The minimum atomic E-state index is -2.11. The fourth-order valence-corrected chi connectivity index (χ4v) is 0.843. The smallest absolute Gasteiger partial charge is 0.235 e. The van der Waals surface area contributed by atoms with Crippen LogP contribution in [0.25, 0.3) is 0 Å². The molecule has 0 rings (SSSR count). The number of nitriles is 1. The van der Waals surface area contributed by atoms with Gasteiger partial charge in [0, 0.05) is 5.88 Å². The van der Waals surface area contributed by atoms with Crippen LogP contribution in [0.1, 0.15) is 6.92 Å². The first-order valence-corrected chi connectivity index (χ1v) is 3.84. The van der Waals surface area contributed by atoms with E-state index >= 15 is 0 Å². The highest BCUT2D eigenvalue weighted by Gasteiger charge is 2.45. The summed E-state index contributed by atoms with van der Waals surface area (Å²) >= 11 is 10.8. The summed E-state index contributed by atoms with van der Waals surface area (Å²) in [6.07, 6.45) is 0. The van der Waals surface area contributed by atoms with Crippen molar-refractivity contribution in [3.05, 3.63) is 0 Å². The Balaban J connectivity index is 4.65. The zero-order valence-corrected chi connectivity index (χ0v) is 7.52. The molecular weight excluding hydrogens is 189 g/mol. The number of nitrogens with zero attached hydrogens (tertiary/aromatic N) is 1. The number of hydrogen-bond acceptors (Lipinski definition) is 3. The van der Waals surface area contributed by atoms with E-state index in [0.29, 0.717) is 0 Å². The van der Waals surface area contributed by atoms with E-state index in [1.165, 1.54) is 13.0 Å². The number of alkyl halides is 2.